The van der Waals surface area contributed by atoms with Gasteiger partial charge in [0.25, 0.3) is 0 Å². The topological polar surface area (TPSA) is 120 Å². The monoisotopic (exact) mass is 304 g/mol. The maximum Gasteiger partial charge on any atom is 0.328 e. The van der Waals surface area contributed by atoms with E-state index >= 15 is 0 Å². The zero-order valence-electron chi connectivity index (χ0n) is 12.3. The van der Waals surface area contributed by atoms with E-state index in [1.807, 2.05) is 0 Å². The first-order valence-corrected chi connectivity index (χ1v) is 6.29. The molecule has 0 unspecified atom stereocenters. The van der Waals surface area contributed by atoms with Crippen LogP contribution in [-0.4, -0.2) is 57.4 Å². The molecule has 0 spiro atoms. The number of carbonyl (C=O) groups is 4. The summed E-state index contributed by atoms with van der Waals surface area (Å²) >= 11 is 0. The number of urea groups is 1. The summed E-state index contributed by atoms with van der Waals surface area (Å²) in [4.78, 5) is 45.1. The van der Waals surface area contributed by atoms with Crippen molar-refractivity contribution in [2.75, 3.05) is 27.4 Å². The maximum absolute atomic E-state index is 11.5. The van der Waals surface area contributed by atoms with E-state index in [0.29, 0.717) is 0 Å². The summed E-state index contributed by atoms with van der Waals surface area (Å²) in [6.07, 6.45) is -0.0411. The Morgan fingerprint density at radius 1 is 1.05 bits per heavy atom. The lowest BCUT2D eigenvalue weighted by Crippen LogP contribution is -2.47. The molecule has 0 bridgehead atoms. The van der Waals surface area contributed by atoms with Gasteiger partial charge in [0.1, 0.15) is 12.6 Å². The first kappa shape index (κ1) is 18.7. The second-order valence-corrected chi connectivity index (χ2v) is 3.82. The van der Waals surface area contributed by atoms with Crippen LogP contribution in [0.1, 0.15) is 19.8 Å². The van der Waals surface area contributed by atoms with E-state index in [0.717, 1.165) is 7.11 Å². The van der Waals surface area contributed by atoms with Crippen molar-refractivity contribution in [3.8, 4) is 0 Å². The molecule has 9 heteroatoms. The summed E-state index contributed by atoms with van der Waals surface area (Å²) in [5, 5.41) is 4.53. The highest BCUT2D eigenvalue weighted by atomic mass is 16.5. The minimum absolute atomic E-state index is 0.0200. The summed E-state index contributed by atoms with van der Waals surface area (Å²) in [5.74, 6) is -1.82. The lowest BCUT2D eigenvalue weighted by molar-refractivity contribution is -0.144. The van der Waals surface area contributed by atoms with Gasteiger partial charge in [-0.3, -0.25) is 9.59 Å². The zero-order valence-corrected chi connectivity index (χ0v) is 12.3. The minimum atomic E-state index is -1.02. The number of methoxy groups -OCH3 is 2. The summed E-state index contributed by atoms with van der Waals surface area (Å²) in [6.45, 7) is 1.51. The smallest absolute Gasteiger partial charge is 0.328 e. The molecule has 2 amide bonds. The van der Waals surface area contributed by atoms with Crippen LogP contribution in [0.15, 0.2) is 0 Å². The Morgan fingerprint density at radius 2 is 1.71 bits per heavy atom. The highest BCUT2D eigenvalue weighted by Gasteiger charge is 2.22. The van der Waals surface area contributed by atoms with Gasteiger partial charge in [-0.05, 0) is 13.3 Å². The van der Waals surface area contributed by atoms with Crippen LogP contribution in [-0.2, 0) is 28.6 Å². The van der Waals surface area contributed by atoms with Crippen molar-refractivity contribution in [3.63, 3.8) is 0 Å². The Labute approximate surface area is 122 Å². The van der Waals surface area contributed by atoms with Gasteiger partial charge < -0.3 is 24.8 Å². The van der Waals surface area contributed by atoms with Gasteiger partial charge in [-0.15, -0.1) is 0 Å². The molecule has 0 radical (unpaired) electrons. The quantitative estimate of drug-likeness (QED) is 0.451. The molecule has 1 atom stereocenters. The van der Waals surface area contributed by atoms with Crippen LogP contribution in [0.4, 0.5) is 4.79 Å². The molecule has 120 valence electrons. The lowest BCUT2D eigenvalue weighted by Gasteiger charge is -2.16. The van der Waals surface area contributed by atoms with Crippen LogP contribution in [0.3, 0.4) is 0 Å². The second-order valence-electron chi connectivity index (χ2n) is 3.82. The Morgan fingerprint density at radius 3 is 2.24 bits per heavy atom. The standard InChI is InChI=1S/C12H20N2O7/c1-4-21-10(16)7-13-12(18)14-8(11(17)20-3)5-6-9(15)19-2/h8H,4-7H2,1-3H3,(H2,13,14,18)/t8-/m0/s1. The van der Waals surface area contributed by atoms with Crippen molar-refractivity contribution in [2.45, 2.75) is 25.8 Å². The fourth-order valence-electron chi connectivity index (χ4n) is 1.33. The molecule has 0 aliphatic heterocycles. The Kier molecular flexibility index (Phi) is 9.31. The highest BCUT2D eigenvalue weighted by Crippen LogP contribution is 2.01. The number of esters is 3. The van der Waals surface area contributed by atoms with Crippen molar-refractivity contribution in [1.29, 1.82) is 0 Å². The molecule has 0 aromatic rings. The largest absolute Gasteiger partial charge is 0.469 e. The minimum Gasteiger partial charge on any atom is -0.469 e. The van der Waals surface area contributed by atoms with Crippen LogP contribution >= 0.6 is 0 Å². The van der Waals surface area contributed by atoms with Gasteiger partial charge in [0.2, 0.25) is 0 Å². The van der Waals surface area contributed by atoms with Gasteiger partial charge in [-0.25, -0.2) is 9.59 Å². The molecule has 0 saturated carbocycles. The molecule has 0 aromatic heterocycles. The van der Waals surface area contributed by atoms with Crippen molar-refractivity contribution in [2.24, 2.45) is 0 Å². The van der Waals surface area contributed by atoms with E-state index in [9.17, 15) is 19.2 Å². The predicted octanol–water partition coefficient (Wildman–Crippen LogP) is -0.656. The molecule has 2 N–H and O–H groups in total. The van der Waals surface area contributed by atoms with Gasteiger partial charge in [0.05, 0.1) is 20.8 Å². The highest BCUT2D eigenvalue weighted by molar-refractivity contribution is 5.86. The third-order valence-electron chi connectivity index (χ3n) is 2.35. The molecular weight excluding hydrogens is 284 g/mol. The molecule has 21 heavy (non-hydrogen) atoms. The normalized spacial score (nSPS) is 11.0. The van der Waals surface area contributed by atoms with E-state index < -0.39 is 30.0 Å². The summed E-state index contributed by atoms with van der Waals surface area (Å²) in [6, 6.07) is -1.76. The van der Waals surface area contributed by atoms with Gasteiger partial charge >= 0.3 is 23.9 Å². The van der Waals surface area contributed by atoms with Gasteiger partial charge in [0.15, 0.2) is 0 Å². The summed E-state index contributed by atoms with van der Waals surface area (Å²) < 4.78 is 13.6. The Balaban J connectivity index is 4.32. The summed E-state index contributed by atoms with van der Waals surface area (Å²) in [7, 11) is 2.38. The number of carbonyl (C=O) groups excluding carboxylic acids is 4. The lowest BCUT2D eigenvalue weighted by atomic mass is 10.1. The van der Waals surface area contributed by atoms with Crippen molar-refractivity contribution in [1.82, 2.24) is 10.6 Å². The first-order valence-electron chi connectivity index (χ1n) is 6.29. The first-order chi connectivity index (χ1) is 9.94. The van der Waals surface area contributed by atoms with E-state index in [-0.39, 0.29) is 26.0 Å². The third kappa shape index (κ3) is 8.45. The molecule has 0 heterocycles. The predicted molar refractivity (Wildman–Crippen MR) is 70.2 cm³/mol. The van der Waals surface area contributed by atoms with Crippen molar-refractivity contribution in [3.05, 3.63) is 0 Å². The molecule has 0 fully saturated rings. The maximum atomic E-state index is 11.5. The number of hydrogen-bond acceptors (Lipinski definition) is 7. The molecule has 0 aromatic carbocycles. The SMILES string of the molecule is CCOC(=O)CNC(=O)N[C@@H](CCC(=O)OC)C(=O)OC. The van der Waals surface area contributed by atoms with Crippen molar-refractivity contribution < 1.29 is 33.4 Å². The average Bonchev–Trinajstić information content (AvgIpc) is 2.48. The fraction of sp³-hybridized carbons (Fsp3) is 0.667. The van der Waals surface area contributed by atoms with E-state index in [1.165, 1.54) is 7.11 Å². The number of amides is 2. The van der Waals surface area contributed by atoms with E-state index in [4.69, 9.17) is 0 Å². The second kappa shape index (κ2) is 10.5. The molecule has 0 rings (SSSR count). The zero-order chi connectivity index (χ0) is 16.3. The summed E-state index contributed by atoms with van der Waals surface area (Å²) in [5.41, 5.74) is 0. The molecule has 0 aliphatic rings. The van der Waals surface area contributed by atoms with Crippen LogP contribution in [0, 0.1) is 0 Å². The fourth-order valence-corrected chi connectivity index (χ4v) is 1.33. The van der Waals surface area contributed by atoms with Crippen LogP contribution in [0.2, 0.25) is 0 Å². The number of hydrogen-bond donors (Lipinski definition) is 2. The average molecular weight is 304 g/mol. The van der Waals surface area contributed by atoms with E-state index in [1.54, 1.807) is 6.92 Å². The molecule has 0 aliphatic carbocycles. The molecular formula is C12H20N2O7. The van der Waals surface area contributed by atoms with Gasteiger partial charge in [-0.1, -0.05) is 0 Å². The van der Waals surface area contributed by atoms with E-state index in [2.05, 4.69) is 24.8 Å². The van der Waals surface area contributed by atoms with Crippen molar-refractivity contribution >= 4 is 23.9 Å². The Bertz CT molecular complexity index is 384. The number of rotatable bonds is 8. The van der Waals surface area contributed by atoms with Crippen LogP contribution in [0.25, 0.3) is 0 Å². The Hall–Kier alpha value is -2.32. The van der Waals surface area contributed by atoms with Crippen LogP contribution < -0.4 is 10.6 Å². The van der Waals surface area contributed by atoms with Crippen LogP contribution in [0.5, 0.6) is 0 Å². The molecule has 0 saturated heterocycles. The number of nitrogens with one attached hydrogen (secondary N) is 2. The third-order valence-corrected chi connectivity index (χ3v) is 2.35. The van der Waals surface area contributed by atoms with Gasteiger partial charge in [0, 0.05) is 6.42 Å². The molecule has 9 nitrogen and oxygen atoms in total. The number of ether oxygens (including phenoxy) is 3. The van der Waals surface area contributed by atoms with Gasteiger partial charge in [-0.2, -0.15) is 0 Å².